The van der Waals surface area contributed by atoms with Gasteiger partial charge in [0.2, 0.25) is 0 Å². The van der Waals surface area contributed by atoms with Crippen molar-refractivity contribution in [3.63, 3.8) is 0 Å². The molecule has 0 bridgehead atoms. The van der Waals surface area contributed by atoms with Crippen LogP contribution in [0, 0.1) is 17.1 Å². The van der Waals surface area contributed by atoms with Crippen molar-refractivity contribution in [1.29, 1.82) is 5.26 Å². The van der Waals surface area contributed by atoms with E-state index in [9.17, 15) is 4.39 Å². The standard InChI is InChI=1S/C20H15FN2OS/c21-19-4-1-5-20(18(19)11-22)25-14-15-6-8-17(9-7-15)24-13-16-3-2-10-23-12-16/h1-10,12H,13-14H2. The van der Waals surface area contributed by atoms with Crippen LogP contribution in [0.4, 0.5) is 4.39 Å². The van der Waals surface area contributed by atoms with E-state index in [1.54, 1.807) is 24.5 Å². The van der Waals surface area contributed by atoms with E-state index in [4.69, 9.17) is 10.00 Å². The quantitative estimate of drug-likeness (QED) is 0.589. The van der Waals surface area contributed by atoms with Crippen LogP contribution in [0.25, 0.3) is 0 Å². The molecule has 0 spiro atoms. The Kier molecular flexibility index (Phi) is 5.65. The zero-order chi connectivity index (χ0) is 17.5. The molecule has 0 saturated carbocycles. The zero-order valence-electron chi connectivity index (χ0n) is 13.4. The van der Waals surface area contributed by atoms with Gasteiger partial charge in [0.05, 0.1) is 0 Å². The molecule has 0 N–H and O–H groups in total. The first-order chi connectivity index (χ1) is 12.3. The molecular weight excluding hydrogens is 335 g/mol. The predicted molar refractivity (Wildman–Crippen MR) is 95.7 cm³/mol. The number of pyridine rings is 1. The SMILES string of the molecule is N#Cc1c(F)cccc1SCc1ccc(OCc2cccnc2)cc1. The lowest BCUT2D eigenvalue weighted by molar-refractivity contribution is 0.305. The second-order valence-corrected chi connectivity index (χ2v) is 6.32. The van der Waals surface area contributed by atoms with Crippen LogP contribution in [0.5, 0.6) is 5.75 Å². The maximum atomic E-state index is 13.6. The van der Waals surface area contributed by atoms with Crippen molar-refractivity contribution in [3.05, 3.63) is 89.5 Å². The minimum atomic E-state index is -0.480. The summed E-state index contributed by atoms with van der Waals surface area (Å²) >= 11 is 1.44. The van der Waals surface area contributed by atoms with E-state index in [1.165, 1.54) is 17.8 Å². The summed E-state index contributed by atoms with van der Waals surface area (Å²) in [6, 6.07) is 18.2. The van der Waals surface area contributed by atoms with Crippen molar-refractivity contribution < 1.29 is 9.13 Å². The molecule has 0 radical (unpaired) electrons. The first-order valence-corrected chi connectivity index (χ1v) is 8.67. The van der Waals surface area contributed by atoms with E-state index in [1.807, 2.05) is 42.5 Å². The van der Waals surface area contributed by atoms with Gasteiger partial charge in [-0.05, 0) is 35.9 Å². The molecule has 0 aliphatic rings. The summed E-state index contributed by atoms with van der Waals surface area (Å²) in [7, 11) is 0. The predicted octanol–water partition coefficient (Wildman–Crippen LogP) is 4.96. The maximum Gasteiger partial charge on any atom is 0.142 e. The highest BCUT2D eigenvalue weighted by Crippen LogP contribution is 2.28. The van der Waals surface area contributed by atoms with Crippen LogP contribution < -0.4 is 4.74 Å². The van der Waals surface area contributed by atoms with Gasteiger partial charge in [0.15, 0.2) is 0 Å². The molecule has 0 saturated heterocycles. The summed E-state index contributed by atoms with van der Waals surface area (Å²) in [6.45, 7) is 0.469. The number of aromatic nitrogens is 1. The molecule has 0 unspecified atom stereocenters. The summed E-state index contributed by atoms with van der Waals surface area (Å²) in [5.41, 5.74) is 2.19. The molecule has 0 atom stereocenters. The molecule has 1 heterocycles. The van der Waals surface area contributed by atoms with E-state index in [2.05, 4.69) is 4.98 Å². The summed E-state index contributed by atoms with van der Waals surface area (Å²) < 4.78 is 19.3. The van der Waals surface area contributed by atoms with Crippen molar-refractivity contribution >= 4 is 11.8 Å². The molecule has 3 nitrogen and oxygen atoms in total. The van der Waals surface area contributed by atoms with Gasteiger partial charge in [-0.25, -0.2) is 4.39 Å². The third-order valence-electron chi connectivity index (χ3n) is 3.53. The lowest BCUT2D eigenvalue weighted by Crippen LogP contribution is -1.95. The number of ether oxygens (including phenoxy) is 1. The summed E-state index contributed by atoms with van der Waals surface area (Å²) in [5.74, 6) is 0.953. The third kappa shape index (κ3) is 4.59. The van der Waals surface area contributed by atoms with E-state index in [0.717, 1.165) is 16.9 Å². The molecule has 0 amide bonds. The fraction of sp³-hybridized carbons (Fsp3) is 0.100. The second-order valence-electron chi connectivity index (χ2n) is 5.31. The molecule has 25 heavy (non-hydrogen) atoms. The Balaban J connectivity index is 1.58. The second kappa shape index (κ2) is 8.32. The van der Waals surface area contributed by atoms with Gasteiger partial charge in [0.25, 0.3) is 0 Å². The van der Waals surface area contributed by atoms with Gasteiger partial charge in [-0.3, -0.25) is 4.98 Å². The number of nitriles is 1. The van der Waals surface area contributed by atoms with Crippen LogP contribution in [-0.4, -0.2) is 4.98 Å². The Hall–Kier alpha value is -2.84. The largest absolute Gasteiger partial charge is 0.489 e. The first-order valence-electron chi connectivity index (χ1n) is 7.68. The number of thioether (sulfide) groups is 1. The highest BCUT2D eigenvalue weighted by molar-refractivity contribution is 7.98. The summed E-state index contributed by atoms with van der Waals surface area (Å²) in [5, 5.41) is 9.06. The highest BCUT2D eigenvalue weighted by atomic mass is 32.2. The topological polar surface area (TPSA) is 45.9 Å². The Morgan fingerprint density at radius 3 is 2.60 bits per heavy atom. The summed E-state index contributed by atoms with van der Waals surface area (Å²) in [6.07, 6.45) is 3.50. The van der Waals surface area contributed by atoms with Gasteiger partial charge in [-0.2, -0.15) is 5.26 Å². The lowest BCUT2D eigenvalue weighted by atomic mass is 10.2. The molecular formula is C20H15FN2OS. The Bertz CT molecular complexity index is 876. The highest BCUT2D eigenvalue weighted by Gasteiger charge is 2.08. The smallest absolute Gasteiger partial charge is 0.142 e. The molecule has 3 rings (SSSR count). The van der Waals surface area contributed by atoms with Gasteiger partial charge in [0, 0.05) is 28.6 Å². The zero-order valence-corrected chi connectivity index (χ0v) is 14.2. The Morgan fingerprint density at radius 1 is 1.04 bits per heavy atom. The Labute approximate surface area is 150 Å². The van der Waals surface area contributed by atoms with E-state index < -0.39 is 5.82 Å². The number of rotatable bonds is 6. The normalized spacial score (nSPS) is 10.2. The van der Waals surface area contributed by atoms with E-state index >= 15 is 0 Å². The van der Waals surface area contributed by atoms with Crippen LogP contribution in [0.1, 0.15) is 16.7 Å². The van der Waals surface area contributed by atoms with Gasteiger partial charge in [-0.1, -0.05) is 24.3 Å². The van der Waals surface area contributed by atoms with Crippen LogP contribution in [-0.2, 0) is 12.4 Å². The summed E-state index contributed by atoms with van der Waals surface area (Å²) in [4.78, 5) is 4.70. The Morgan fingerprint density at radius 2 is 1.88 bits per heavy atom. The average Bonchev–Trinajstić information content (AvgIpc) is 2.66. The van der Waals surface area contributed by atoms with Gasteiger partial charge >= 0.3 is 0 Å². The molecule has 1 aromatic heterocycles. The van der Waals surface area contributed by atoms with E-state index in [0.29, 0.717) is 17.3 Å². The monoisotopic (exact) mass is 350 g/mol. The van der Waals surface area contributed by atoms with Gasteiger partial charge in [-0.15, -0.1) is 11.8 Å². The van der Waals surface area contributed by atoms with Gasteiger partial charge in [0.1, 0.15) is 29.8 Å². The number of benzene rings is 2. The average molecular weight is 350 g/mol. The number of nitrogens with zero attached hydrogens (tertiary/aromatic N) is 2. The third-order valence-corrected chi connectivity index (χ3v) is 4.66. The van der Waals surface area contributed by atoms with Crippen molar-refractivity contribution in [2.24, 2.45) is 0 Å². The van der Waals surface area contributed by atoms with Crippen molar-refractivity contribution in [3.8, 4) is 11.8 Å². The molecule has 5 heteroatoms. The minimum Gasteiger partial charge on any atom is -0.489 e. The molecule has 0 fully saturated rings. The van der Waals surface area contributed by atoms with Crippen molar-refractivity contribution in [1.82, 2.24) is 4.98 Å². The maximum absolute atomic E-state index is 13.6. The minimum absolute atomic E-state index is 0.101. The molecule has 3 aromatic rings. The molecule has 0 aliphatic heterocycles. The van der Waals surface area contributed by atoms with Gasteiger partial charge < -0.3 is 4.74 Å². The number of hydrogen-bond donors (Lipinski definition) is 0. The van der Waals surface area contributed by atoms with Crippen LogP contribution in [0.3, 0.4) is 0 Å². The van der Waals surface area contributed by atoms with Crippen LogP contribution in [0.2, 0.25) is 0 Å². The lowest BCUT2D eigenvalue weighted by Gasteiger charge is -2.08. The molecule has 2 aromatic carbocycles. The molecule has 0 aliphatic carbocycles. The molecule has 124 valence electrons. The van der Waals surface area contributed by atoms with Crippen molar-refractivity contribution in [2.45, 2.75) is 17.3 Å². The fourth-order valence-corrected chi connectivity index (χ4v) is 3.20. The van der Waals surface area contributed by atoms with Crippen molar-refractivity contribution in [2.75, 3.05) is 0 Å². The fourth-order valence-electron chi connectivity index (χ4n) is 2.23. The number of halogens is 1. The van der Waals surface area contributed by atoms with Crippen LogP contribution >= 0.6 is 11.8 Å². The van der Waals surface area contributed by atoms with E-state index in [-0.39, 0.29) is 5.56 Å². The number of hydrogen-bond acceptors (Lipinski definition) is 4. The van der Waals surface area contributed by atoms with Crippen LogP contribution in [0.15, 0.2) is 71.9 Å². The first kappa shape index (κ1) is 17.0.